The highest BCUT2D eigenvalue weighted by Crippen LogP contribution is 2.22. The summed E-state index contributed by atoms with van der Waals surface area (Å²) in [5.41, 5.74) is 0. The summed E-state index contributed by atoms with van der Waals surface area (Å²) < 4.78 is 7.70. The predicted octanol–water partition coefficient (Wildman–Crippen LogP) is 3.54. The minimum atomic E-state index is -0.571. The fourth-order valence-electron chi connectivity index (χ4n) is 2.36. The molecule has 24 heavy (non-hydrogen) atoms. The van der Waals surface area contributed by atoms with Gasteiger partial charge in [0.25, 0.3) is 0 Å². The fraction of sp³-hybridized carbons (Fsp3) is 0.333. The summed E-state index contributed by atoms with van der Waals surface area (Å²) in [5.74, 6) is 1.28. The molecule has 0 amide bonds. The van der Waals surface area contributed by atoms with Crippen LogP contribution in [0.3, 0.4) is 0 Å². The van der Waals surface area contributed by atoms with E-state index in [9.17, 15) is 5.11 Å². The van der Waals surface area contributed by atoms with Gasteiger partial charge in [0.2, 0.25) is 0 Å². The van der Waals surface area contributed by atoms with Crippen molar-refractivity contribution >= 4 is 22.5 Å². The van der Waals surface area contributed by atoms with E-state index >= 15 is 0 Å². The summed E-state index contributed by atoms with van der Waals surface area (Å²) in [6.45, 7) is 4.40. The normalized spacial score (nSPS) is 12.7. The van der Waals surface area contributed by atoms with Crippen molar-refractivity contribution in [1.29, 1.82) is 0 Å². The second-order valence-corrected chi connectivity index (χ2v) is 6.89. The van der Waals surface area contributed by atoms with Crippen molar-refractivity contribution in [2.24, 2.45) is 0 Å². The second kappa shape index (κ2) is 7.68. The monoisotopic (exact) mass is 343 g/mol. The summed E-state index contributed by atoms with van der Waals surface area (Å²) in [7, 11) is 0. The summed E-state index contributed by atoms with van der Waals surface area (Å²) in [5, 5.41) is 21.3. The molecule has 6 heteroatoms. The molecule has 0 saturated carbocycles. The Labute approximate surface area is 145 Å². The molecule has 0 saturated heterocycles. The van der Waals surface area contributed by atoms with Crippen molar-refractivity contribution in [2.45, 2.75) is 31.1 Å². The third-order valence-corrected chi connectivity index (χ3v) is 4.77. The van der Waals surface area contributed by atoms with Crippen LogP contribution < -0.4 is 4.74 Å². The maximum atomic E-state index is 10.1. The number of hydrogen-bond acceptors (Lipinski definition) is 5. The molecule has 0 fully saturated rings. The maximum absolute atomic E-state index is 10.1. The van der Waals surface area contributed by atoms with Crippen molar-refractivity contribution in [3.05, 3.63) is 48.8 Å². The van der Waals surface area contributed by atoms with E-state index in [0.29, 0.717) is 11.8 Å². The lowest BCUT2D eigenvalue weighted by Crippen LogP contribution is -2.20. The average molecular weight is 343 g/mol. The molecule has 3 rings (SSSR count). The second-order valence-electron chi connectivity index (χ2n) is 5.90. The molecular formula is C18H21N3O2S. The van der Waals surface area contributed by atoms with Gasteiger partial charge in [0.1, 0.15) is 18.7 Å². The largest absolute Gasteiger partial charge is 0.491 e. The Kier molecular flexibility index (Phi) is 5.37. The van der Waals surface area contributed by atoms with Crippen LogP contribution in [0.15, 0.2) is 53.9 Å². The molecule has 1 heterocycles. The summed E-state index contributed by atoms with van der Waals surface area (Å²) in [6, 6.07) is 14.4. The lowest BCUT2D eigenvalue weighted by atomic mass is 10.1. The molecule has 0 radical (unpaired) electrons. The highest BCUT2D eigenvalue weighted by molar-refractivity contribution is 7.99. The summed E-state index contributed by atoms with van der Waals surface area (Å²) >= 11 is 1.49. The number of thioether (sulfide) groups is 1. The van der Waals surface area contributed by atoms with E-state index in [1.54, 1.807) is 6.33 Å². The van der Waals surface area contributed by atoms with Crippen LogP contribution in [-0.2, 0) is 0 Å². The van der Waals surface area contributed by atoms with Gasteiger partial charge in [-0.25, -0.2) is 0 Å². The number of ether oxygens (including phenoxy) is 1. The van der Waals surface area contributed by atoms with Crippen molar-refractivity contribution in [2.75, 3.05) is 12.4 Å². The van der Waals surface area contributed by atoms with Gasteiger partial charge in [-0.1, -0.05) is 42.1 Å². The summed E-state index contributed by atoms with van der Waals surface area (Å²) in [4.78, 5) is 0. The first-order chi connectivity index (χ1) is 11.6. The highest BCUT2D eigenvalue weighted by atomic mass is 32.2. The van der Waals surface area contributed by atoms with Gasteiger partial charge in [0.15, 0.2) is 5.16 Å². The van der Waals surface area contributed by atoms with Gasteiger partial charge in [-0.2, -0.15) is 0 Å². The van der Waals surface area contributed by atoms with Gasteiger partial charge in [-0.3, -0.25) is 0 Å². The van der Waals surface area contributed by atoms with Crippen LogP contribution in [0.4, 0.5) is 0 Å². The highest BCUT2D eigenvalue weighted by Gasteiger charge is 2.12. The van der Waals surface area contributed by atoms with E-state index < -0.39 is 6.10 Å². The molecule has 3 aromatic rings. The number of hydrogen-bond donors (Lipinski definition) is 1. The van der Waals surface area contributed by atoms with Crippen LogP contribution >= 0.6 is 11.8 Å². The molecule has 0 aliphatic carbocycles. The lowest BCUT2D eigenvalue weighted by Gasteiger charge is -2.13. The average Bonchev–Trinajstić information content (AvgIpc) is 3.07. The van der Waals surface area contributed by atoms with Crippen molar-refractivity contribution < 1.29 is 9.84 Å². The van der Waals surface area contributed by atoms with Crippen molar-refractivity contribution in [1.82, 2.24) is 14.8 Å². The van der Waals surface area contributed by atoms with Crippen LogP contribution in [0.25, 0.3) is 10.8 Å². The quantitative estimate of drug-likeness (QED) is 0.665. The minimum absolute atomic E-state index is 0.251. The standard InChI is InChI=1S/C18H21N3O2S/c1-13(2)21-12-19-20-18(21)24-11-16(22)10-23-17-8-7-14-5-3-4-6-15(14)9-17/h3-9,12-13,16,22H,10-11H2,1-2H3. The topological polar surface area (TPSA) is 60.2 Å². The van der Waals surface area contributed by atoms with Gasteiger partial charge in [0.05, 0.1) is 6.10 Å². The molecular weight excluding hydrogens is 322 g/mol. The SMILES string of the molecule is CC(C)n1cnnc1SCC(O)COc1ccc2ccccc2c1. The van der Waals surface area contributed by atoms with Crippen LogP contribution in [0.5, 0.6) is 5.75 Å². The Balaban J connectivity index is 1.53. The Morgan fingerprint density at radius 3 is 2.75 bits per heavy atom. The number of aliphatic hydroxyl groups excluding tert-OH is 1. The van der Waals surface area contributed by atoms with Gasteiger partial charge in [0, 0.05) is 11.8 Å². The van der Waals surface area contributed by atoms with E-state index in [1.807, 2.05) is 41.0 Å². The molecule has 2 aromatic carbocycles. The van der Waals surface area contributed by atoms with Gasteiger partial charge in [-0.15, -0.1) is 10.2 Å². The van der Waals surface area contributed by atoms with E-state index in [-0.39, 0.29) is 6.61 Å². The number of aliphatic hydroxyl groups is 1. The molecule has 1 N–H and O–H groups in total. The first-order valence-corrected chi connectivity index (χ1v) is 8.94. The van der Waals surface area contributed by atoms with E-state index in [1.165, 1.54) is 17.1 Å². The zero-order valence-electron chi connectivity index (χ0n) is 13.8. The molecule has 0 aliphatic heterocycles. The first kappa shape index (κ1) is 16.8. The van der Waals surface area contributed by atoms with Crippen molar-refractivity contribution in [3.8, 4) is 5.75 Å². The Morgan fingerprint density at radius 2 is 1.96 bits per heavy atom. The number of nitrogens with zero attached hydrogens (tertiary/aromatic N) is 3. The van der Waals surface area contributed by atoms with Gasteiger partial charge < -0.3 is 14.4 Å². The van der Waals surface area contributed by atoms with Crippen LogP contribution in [0, 0.1) is 0 Å². The molecule has 0 aliphatic rings. The van der Waals surface area contributed by atoms with Gasteiger partial charge in [-0.05, 0) is 36.8 Å². The predicted molar refractivity (Wildman–Crippen MR) is 96.6 cm³/mol. The lowest BCUT2D eigenvalue weighted by molar-refractivity contribution is 0.126. The summed E-state index contributed by atoms with van der Waals surface area (Å²) in [6.07, 6.45) is 1.14. The Bertz CT molecular complexity index is 804. The third kappa shape index (κ3) is 4.07. The first-order valence-electron chi connectivity index (χ1n) is 7.95. The molecule has 1 atom stereocenters. The fourth-order valence-corrected chi connectivity index (χ4v) is 3.31. The van der Waals surface area contributed by atoms with E-state index in [0.717, 1.165) is 16.3 Å². The van der Waals surface area contributed by atoms with E-state index in [2.05, 4.69) is 30.1 Å². The molecule has 126 valence electrons. The third-order valence-electron chi connectivity index (χ3n) is 3.66. The van der Waals surface area contributed by atoms with Crippen LogP contribution in [0.2, 0.25) is 0 Å². The Hall–Kier alpha value is -2.05. The molecule has 1 aromatic heterocycles. The molecule has 5 nitrogen and oxygen atoms in total. The van der Waals surface area contributed by atoms with Gasteiger partial charge >= 0.3 is 0 Å². The van der Waals surface area contributed by atoms with Crippen molar-refractivity contribution in [3.63, 3.8) is 0 Å². The van der Waals surface area contributed by atoms with E-state index in [4.69, 9.17) is 4.74 Å². The zero-order chi connectivity index (χ0) is 16.9. The number of fused-ring (bicyclic) bond motifs is 1. The number of aromatic nitrogens is 3. The molecule has 0 bridgehead atoms. The van der Waals surface area contributed by atoms with Crippen LogP contribution in [-0.4, -0.2) is 38.3 Å². The van der Waals surface area contributed by atoms with Crippen LogP contribution in [0.1, 0.15) is 19.9 Å². The number of benzene rings is 2. The maximum Gasteiger partial charge on any atom is 0.191 e. The Morgan fingerprint density at radius 1 is 1.17 bits per heavy atom. The number of rotatable bonds is 7. The smallest absolute Gasteiger partial charge is 0.191 e. The minimum Gasteiger partial charge on any atom is -0.491 e. The molecule has 0 spiro atoms. The zero-order valence-corrected chi connectivity index (χ0v) is 14.6. The molecule has 1 unspecified atom stereocenters.